The molecule has 3 aliphatic carbocycles. The second-order valence-electron chi connectivity index (χ2n) is 9.84. The van der Waals surface area contributed by atoms with E-state index < -0.39 is 55.3 Å². The average molecular weight is 446 g/mol. The van der Waals surface area contributed by atoms with E-state index in [4.69, 9.17) is 18.9 Å². The summed E-state index contributed by atoms with van der Waals surface area (Å²) in [5.74, 6) is 0.813. The highest BCUT2D eigenvalue weighted by Gasteiger charge is 2.56. The molecule has 6 N–H and O–H groups in total. The second kappa shape index (κ2) is 8.60. The molecule has 5 rings (SSSR count). The van der Waals surface area contributed by atoms with Crippen molar-refractivity contribution in [1.29, 1.82) is 0 Å². The smallest absolute Gasteiger partial charge is 0.187 e. The van der Waals surface area contributed by atoms with Crippen molar-refractivity contribution in [3.63, 3.8) is 0 Å². The van der Waals surface area contributed by atoms with E-state index in [2.05, 4.69) is 20.4 Å². The summed E-state index contributed by atoms with van der Waals surface area (Å²) < 4.78 is 22.3. The van der Waals surface area contributed by atoms with Gasteiger partial charge >= 0.3 is 0 Å². The molecule has 12 unspecified atom stereocenters. The van der Waals surface area contributed by atoms with Gasteiger partial charge in [0.1, 0.15) is 42.7 Å². The van der Waals surface area contributed by atoms with Crippen LogP contribution in [0.2, 0.25) is 0 Å². The van der Waals surface area contributed by atoms with Gasteiger partial charge in [0.05, 0.1) is 19.3 Å². The van der Waals surface area contributed by atoms with Crippen LogP contribution in [0.25, 0.3) is 0 Å². The van der Waals surface area contributed by atoms with Crippen LogP contribution in [0.15, 0.2) is 12.2 Å². The Morgan fingerprint density at radius 2 is 1.61 bits per heavy atom. The largest absolute Gasteiger partial charge is 0.388 e. The van der Waals surface area contributed by atoms with Gasteiger partial charge in [0.2, 0.25) is 0 Å². The maximum atomic E-state index is 10.4. The quantitative estimate of drug-likeness (QED) is 0.268. The highest BCUT2D eigenvalue weighted by Crippen LogP contribution is 2.61. The molecule has 2 heterocycles. The number of ether oxygens (including phenoxy) is 4. The Labute approximate surface area is 181 Å². The number of hydrogen-bond donors (Lipinski definition) is 6. The summed E-state index contributed by atoms with van der Waals surface area (Å²) in [6.07, 6.45) is -10.6. The lowest BCUT2D eigenvalue weighted by Crippen LogP contribution is -2.62. The molecule has 178 valence electrons. The van der Waals surface area contributed by atoms with Crippen molar-refractivity contribution < 1.29 is 49.6 Å². The van der Waals surface area contributed by atoms with Crippen molar-refractivity contribution >= 4 is 0 Å². The van der Waals surface area contributed by atoms with Gasteiger partial charge in [0, 0.05) is 0 Å². The summed E-state index contributed by atoms with van der Waals surface area (Å²) in [6.45, 7) is 8.07. The number of hydrogen-bond acceptors (Lipinski definition) is 10. The summed E-state index contributed by atoms with van der Waals surface area (Å²) in [6, 6.07) is 0. The molecule has 2 aliphatic heterocycles. The molecule has 10 heteroatoms. The number of rotatable bonds is 5. The molecule has 2 bridgehead atoms. The van der Waals surface area contributed by atoms with Crippen LogP contribution in [0.1, 0.15) is 26.7 Å². The second-order valence-corrected chi connectivity index (χ2v) is 9.84. The summed E-state index contributed by atoms with van der Waals surface area (Å²) in [4.78, 5) is 0. The monoisotopic (exact) mass is 446 g/mol. The summed E-state index contributed by atoms with van der Waals surface area (Å²) in [7, 11) is 0. The maximum Gasteiger partial charge on any atom is 0.187 e. The van der Waals surface area contributed by atoms with E-state index in [1.807, 2.05) is 0 Å². The summed E-state index contributed by atoms with van der Waals surface area (Å²) in [5.41, 5.74) is 1.12. The van der Waals surface area contributed by atoms with Crippen LogP contribution in [0.4, 0.5) is 0 Å². The highest BCUT2D eigenvalue weighted by molar-refractivity contribution is 5.23. The average Bonchev–Trinajstić information content (AvgIpc) is 2.73. The Balaban J connectivity index is 1.36. The van der Waals surface area contributed by atoms with E-state index in [9.17, 15) is 30.6 Å². The minimum atomic E-state index is -1.53. The Kier molecular flexibility index (Phi) is 6.52. The molecule has 0 aromatic rings. The first-order valence-corrected chi connectivity index (χ1v) is 10.8. The molecule has 0 amide bonds. The molecule has 0 spiro atoms. The third-order valence-electron chi connectivity index (χ3n) is 7.68. The Hall–Kier alpha value is -0.660. The Morgan fingerprint density at radius 1 is 0.935 bits per heavy atom. The van der Waals surface area contributed by atoms with Gasteiger partial charge in [-0.25, -0.2) is 0 Å². The summed E-state index contributed by atoms with van der Waals surface area (Å²) in [5, 5.41) is 60.2. The first-order valence-electron chi connectivity index (χ1n) is 10.8. The van der Waals surface area contributed by atoms with Crippen LogP contribution in [0.5, 0.6) is 0 Å². The molecule has 2 saturated heterocycles. The van der Waals surface area contributed by atoms with Gasteiger partial charge in [-0.15, -0.1) is 0 Å². The zero-order chi connectivity index (χ0) is 22.7. The molecule has 0 aromatic carbocycles. The minimum Gasteiger partial charge on any atom is -0.388 e. The fraction of sp³-hybridized carbons (Fsp3) is 0.905. The number of fused-ring (bicyclic) bond motifs is 2. The third-order valence-corrected chi connectivity index (χ3v) is 7.68. The third kappa shape index (κ3) is 4.08. The first-order chi connectivity index (χ1) is 14.5. The predicted octanol–water partition coefficient (Wildman–Crippen LogP) is -1.74. The van der Waals surface area contributed by atoms with Crippen molar-refractivity contribution in [2.45, 2.75) is 88.1 Å². The van der Waals surface area contributed by atoms with Gasteiger partial charge in [-0.05, 0) is 35.7 Å². The fourth-order valence-corrected chi connectivity index (χ4v) is 5.27. The number of aliphatic hydroxyl groups is 6. The van der Waals surface area contributed by atoms with E-state index in [1.54, 1.807) is 0 Å². The molecular formula is C21H34O10. The topological polar surface area (TPSA) is 158 Å². The van der Waals surface area contributed by atoms with Crippen LogP contribution in [0, 0.1) is 17.3 Å². The molecule has 31 heavy (non-hydrogen) atoms. The minimum absolute atomic E-state index is 0.175. The zero-order valence-electron chi connectivity index (χ0n) is 17.8. The molecule has 5 aliphatic rings. The zero-order valence-corrected chi connectivity index (χ0v) is 17.8. The molecule has 5 fully saturated rings. The fourth-order valence-electron chi connectivity index (χ4n) is 5.27. The van der Waals surface area contributed by atoms with Crippen LogP contribution in [-0.4, -0.2) is 105 Å². The van der Waals surface area contributed by atoms with E-state index >= 15 is 0 Å². The van der Waals surface area contributed by atoms with Crippen molar-refractivity contribution in [2.75, 3.05) is 13.2 Å². The van der Waals surface area contributed by atoms with Crippen LogP contribution < -0.4 is 0 Å². The standard InChI is InChI=1S/C21H34O10/c1-8-10-4-9(21(10,2)3)5-12(8)30-20-18(27)16(25)15(24)13(31-20)7-29-19-17(26)14(23)11(22)6-28-19/h9-20,22-27H,1,4-7H2,2-3H3. The first kappa shape index (κ1) is 23.5. The van der Waals surface area contributed by atoms with Gasteiger partial charge in [-0.2, -0.15) is 0 Å². The molecule has 12 atom stereocenters. The maximum absolute atomic E-state index is 10.4. The Morgan fingerprint density at radius 3 is 2.26 bits per heavy atom. The van der Waals surface area contributed by atoms with E-state index in [-0.39, 0.29) is 24.7 Å². The predicted molar refractivity (Wildman–Crippen MR) is 104 cm³/mol. The van der Waals surface area contributed by atoms with Gasteiger partial charge in [-0.3, -0.25) is 0 Å². The number of aliphatic hydroxyl groups excluding tert-OH is 6. The van der Waals surface area contributed by atoms with Crippen molar-refractivity contribution in [3.8, 4) is 0 Å². The summed E-state index contributed by atoms with van der Waals surface area (Å²) >= 11 is 0. The van der Waals surface area contributed by atoms with Crippen molar-refractivity contribution in [3.05, 3.63) is 12.2 Å². The van der Waals surface area contributed by atoms with Crippen LogP contribution in [-0.2, 0) is 18.9 Å². The van der Waals surface area contributed by atoms with Gasteiger partial charge < -0.3 is 49.6 Å². The lowest BCUT2D eigenvalue weighted by molar-refractivity contribution is -0.329. The normalized spacial score (nSPS) is 51.9. The van der Waals surface area contributed by atoms with Crippen LogP contribution >= 0.6 is 0 Å². The molecule has 3 saturated carbocycles. The van der Waals surface area contributed by atoms with Crippen LogP contribution in [0.3, 0.4) is 0 Å². The SMILES string of the molecule is C=C1C(OC2OC(COC3OCC(O)C(O)C3O)C(O)C(O)C2O)CC2CC1C2(C)C. The lowest BCUT2D eigenvalue weighted by atomic mass is 9.47. The van der Waals surface area contributed by atoms with Crippen molar-refractivity contribution in [1.82, 2.24) is 0 Å². The Bertz CT molecular complexity index is 671. The van der Waals surface area contributed by atoms with E-state index in [0.717, 1.165) is 18.4 Å². The molecule has 0 radical (unpaired) electrons. The van der Waals surface area contributed by atoms with Crippen molar-refractivity contribution in [2.24, 2.45) is 17.3 Å². The van der Waals surface area contributed by atoms with E-state index in [1.165, 1.54) is 0 Å². The molecule has 0 aromatic heterocycles. The highest BCUT2D eigenvalue weighted by atomic mass is 16.7. The van der Waals surface area contributed by atoms with Gasteiger partial charge in [0.25, 0.3) is 0 Å². The van der Waals surface area contributed by atoms with Gasteiger partial charge in [-0.1, -0.05) is 20.4 Å². The van der Waals surface area contributed by atoms with E-state index in [0.29, 0.717) is 11.8 Å². The molecular weight excluding hydrogens is 412 g/mol. The lowest BCUT2D eigenvalue weighted by Gasteiger charge is -2.60. The molecule has 10 nitrogen and oxygen atoms in total. The van der Waals surface area contributed by atoms with Gasteiger partial charge in [0.15, 0.2) is 12.6 Å².